The van der Waals surface area contributed by atoms with Crippen molar-refractivity contribution in [3.63, 3.8) is 0 Å². The van der Waals surface area contributed by atoms with Crippen LogP contribution in [0.1, 0.15) is 32.8 Å². The molecule has 1 fully saturated rings. The van der Waals surface area contributed by atoms with Gasteiger partial charge in [0, 0.05) is 37.9 Å². The summed E-state index contributed by atoms with van der Waals surface area (Å²) in [5, 5.41) is 0. The Balaban J connectivity index is 1.48. The van der Waals surface area contributed by atoms with Crippen LogP contribution in [0.15, 0.2) is 30.5 Å². The number of hydrogen-bond acceptors (Lipinski definition) is 4. The highest BCUT2D eigenvalue weighted by Gasteiger charge is 2.26. The molecule has 2 aliphatic rings. The minimum atomic E-state index is -0.0290. The number of aryl methyl sites for hydroxylation is 1. The largest absolute Gasteiger partial charge is 0.486 e. The fourth-order valence-corrected chi connectivity index (χ4v) is 3.55. The van der Waals surface area contributed by atoms with Crippen LogP contribution < -0.4 is 9.47 Å². The van der Waals surface area contributed by atoms with Gasteiger partial charge in [-0.15, -0.1) is 0 Å². The first-order valence-corrected chi connectivity index (χ1v) is 9.25. The third kappa shape index (κ3) is 3.49. The summed E-state index contributed by atoms with van der Waals surface area (Å²) in [5.74, 6) is 1.26. The molecule has 2 amide bonds. The fraction of sp³-hybridized carbons (Fsp3) is 0.400. The molecule has 7 nitrogen and oxygen atoms in total. The van der Waals surface area contributed by atoms with E-state index in [1.807, 2.05) is 24.0 Å². The number of nitrogens with zero attached hydrogens (tertiary/aromatic N) is 2. The Bertz CT molecular complexity index is 847. The number of ether oxygens (including phenoxy) is 2. The second kappa shape index (κ2) is 7.34. The van der Waals surface area contributed by atoms with Crippen LogP contribution in [0, 0.1) is 6.92 Å². The van der Waals surface area contributed by atoms with Gasteiger partial charge in [-0.05, 0) is 43.2 Å². The average Bonchev–Trinajstić information content (AvgIpc) is 3.11. The molecular formula is C20H23N3O4. The van der Waals surface area contributed by atoms with E-state index in [0.717, 1.165) is 12.0 Å². The Labute approximate surface area is 157 Å². The predicted octanol–water partition coefficient (Wildman–Crippen LogP) is 2.08. The number of aromatic nitrogens is 1. The van der Waals surface area contributed by atoms with E-state index in [1.165, 1.54) is 0 Å². The third-order valence-corrected chi connectivity index (χ3v) is 5.02. The van der Waals surface area contributed by atoms with Gasteiger partial charge < -0.3 is 24.3 Å². The van der Waals surface area contributed by atoms with Gasteiger partial charge in [-0.1, -0.05) is 0 Å². The monoisotopic (exact) mass is 369 g/mol. The Morgan fingerprint density at radius 1 is 0.963 bits per heavy atom. The van der Waals surface area contributed by atoms with E-state index < -0.39 is 0 Å². The summed E-state index contributed by atoms with van der Waals surface area (Å²) < 4.78 is 11.2. The molecule has 0 spiro atoms. The maximum atomic E-state index is 13.1. The summed E-state index contributed by atoms with van der Waals surface area (Å²) in [6.07, 6.45) is 2.49. The lowest BCUT2D eigenvalue weighted by atomic mass is 10.1. The summed E-state index contributed by atoms with van der Waals surface area (Å²) in [4.78, 5) is 32.2. The van der Waals surface area contributed by atoms with E-state index in [2.05, 4.69) is 4.98 Å². The van der Waals surface area contributed by atoms with Crippen LogP contribution in [0.4, 0.5) is 0 Å². The van der Waals surface area contributed by atoms with Crippen molar-refractivity contribution in [2.75, 3.05) is 39.4 Å². The lowest BCUT2D eigenvalue weighted by molar-refractivity contribution is 0.0715. The minimum absolute atomic E-state index is 0.0233. The number of nitrogens with one attached hydrogen (secondary N) is 1. The van der Waals surface area contributed by atoms with Gasteiger partial charge in [-0.2, -0.15) is 0 Å². The Morgan fingerprint density at radius 3 is 2.30 bits per heavy atom. The number of fused-ring (bicyclic) bond motifs is 1. The number of carbonyl (C=O) groups is 2. The lowest BCUT2D eigenvalue weighted by Gasteiger charge is -2.24. The zero-order valence-electron chi connectivity index (χ0n) is 15.4. The molecule has 27 heavy (non-hydrogen) atoms. The third-order valence-electron chi connectivity index (χ3n) is 5.02. The van der Waals surface area contributed by atoms with Gasteiger partial charge in [0.25, 0.3) is 11.8 Å². The zero-order chi connectivity index (χ0) is 18.8. The van der Waals surface area contributed by atoms with Crippen molar-refractivity contribution in [2.24, 2.45) is 0 Å². The molecule has 2 aliphatic heterocycles. The Kier molecular flexibility index (Phi) is 4.75. The highest BCUT2D eigenvalue weighted by Crippen LogP contribution is 2.33. The molecule has 0 aliphatic carbocycles. The molecule has 1 N–H and O–H groups in total. The quantitative estimate of drug-likeness (QED) is 0.880. The Hall–Kier alpha value is -2.96. The average molecular weight is 369 g/mol. The highest BCUT2D eigenvalue weighted by atomic mass is 16.6. The van der Waals surface area contributed by atoms with Crippen LogP contribution in [0.3, 0.4) is 0 Å². The van der Waals surface area contributed by atoms with Crippen LogP contribution in [-0.4, -0.2) is 66.0 Å². The van der Waals surface area contributed by atoms with E-state index in [1.54, 1.807) is 23.2 Å². The standard InChI is InChI=1S/C20H23N3O4/c1-14-12-17-18(27-11-10-26-17)13-15(14)19(24)22-6-3-7-23(9-8-22)20(25)16-4-2-5-21-16/h2,4-5,12-13,21H,3,6-11H2,1H3. The first-order valence-electron chi connectivity index (χ1n) is 9.25. The first-order chi connectivity index (χ1) is 13.1. The second-order valence-corrected chi connectivity index (χ2v) is 6.83. The number of amides is 2. The molecule has 4 rings (SSSR count). The number of aromatic amines is 1. The normalized spacial score (nSPS) is 16.8. The van der Waals surface area contributed by atoms with Crippen molar-refractivity contribution in [2.45, 2.75) is 13.3 Å². The van der Waals surface area contributed by atoms with Crippen LogP contribution >= 0.6 is 0 Å². The summed E-state index contributed by atoms with van der Waals surface area (Å²) >= 11 is 0. The maximum absolute atomic E-state index is 13.1. The Morgan fingerprint density at radius 2 is 1.63 bits per heavy atom. The van der Waals surface area contributed by atoms with Crippen LogP contribution in [0.25, 0.3) is 0 Å². The molecule has 0 radical (unpaired) electrons. The van der Waals surface area contributed by atoms with Crippen LogP contribution in [0.5, 0.6) is 11.5 Å². The fourth-order valence-electron chi connectivity index (χ4n) is 3.55. The number of rotatable bonds is 2. The lowest BCUT2D eigenvalue weighted by Crippen LogP contribution is -2.37. The van der Waals surface area contributed by atoms with Gasteiger partial charge in [0.15, 0.2) is 11.5 Å². The van der Waals surface area contributed by atoms with E-state index in [9.17, 15) is 9.59 Å². The zero-order valence-corrected chi connectivity index (χ0v) is 15.4. The number of H-pyrrole nitrogens is 1. The van der Waals surface area contributed by atoms with Gasteiger partial charge >= 0.3 is 0 Å². The van der Waals surface area contributed by atoms with E-state index in [-0.39, 0.29) is 11.8 Å². The molecule has 0 bridgehead atoms. The van der Waals surface area contributed by atoms with Crippen molar-refractivity contribution in [3.8, 4) is 11.5 Å². The molecule has 1 aromatic heterocycles. The van der Waals surface area contributed by atoms with Crippen molar-refractivity contribution in [1.29, 1.82) is 0 Å². The van der Waals surface area contributed by atoms with Crippen molar-refractivity contribution in [1.82, 2.24) is 14.8 Å². The van der Waals surface area contributed by atoms with Gasteiger partial charge in [0.2, 0.25) is 0 Å². The minimum Gasteiger partial charge on any atom is -0.486 e. The van der Waals surface area contributed by atoms with Crippen molar-refractivity contribution in [3.05, 3.63) is 47.3 Å². The van der Waals surface area contributed by atoms with Gasteiger partial charge in [-0.25, -0.2) is 0 Å². The first kappa shape index (κ1) is 17.5. The molecule has 0 atom stereocenters. The second-order valence-electron chi connectivity index (χ2n) is 6.83. The number of benzene rings is 1. The molecule has 0 saturated carbocycles. The van der Waals surface area contributed by atoms with Gasteiger partial charge in [0.05, 0.1) is 0 Å². The summed E-state index contributed by atoms with van der Waals surface area (Å²) in [6, 6.07) is 7.22. The molecule has 3 heterocycles. The predicted molar refractivity (Wildman–Crippen MR) is 99.4 cm³/mol. The van der Waals surface area contributed by atoms with Crippen molar-refractivity contribution < 1.29 is 19.1 Å². The van der Waals surface area contributed by atoms with E-state index >= 15 is 0 Å². The molecule has 7 heteroatoms. The number of hydrogen-bond donors (Lipinski definition) is 1. The molecule has 1 saturated heterocycles. The van der Waals surface area contributed by atoms with E-state index in [4.69, 9.17) is 9.47 Å². The molecule has 2 aromatic rings. The highest BCUT2D eigenvalue weighted by molar-refractivity contribution is 5.97. The summed E-state index contributed by atoms with van der Waals surface area (Å²) in [6.45, 7) is 5.22. The smallest absolute Gasteiger partial charge is 0.270 e. The number of carbonyl (C=O) groups excluding carboxylic acids is 2. The molecule has 1 aromatic carbocycles. The summed E-state index contributed by atoms with van der Waals surface area (Å²) in [5.41, 5.74) is 2.08. The molecule has 0 unspecified atom stereocenters. The van der Waals surface area contributed by atoms with Crippen LogP contribution in [-0.2, 0) is 0 Å². The molecule has 142 valence electrons. The van der Waals surface area contributed by atoms with Crippen LogP contribution in [0.2, 0.25) is 0 Å². The topological polar surface area (TPSA) is 74.9 Å². The SMILES string of the molecule is Cc1cc2c(cc1C(=O)N1CCCN(C(=O)c3ccc[nH]3)CC1)OCCO2. The van der Waals surface area contributed by atoms with Gasteiger partial charge in [0.1, 0.15) is 18.9 Å². The van der Waals surface area contributed by atoms with Gasteiger partial charge in [-0.3, -0.25) is 9.59 Å². The summed E-state index contributed by atoms with van der Waals surface area (Å²) in [7, 11) is 0. The van der Waals surface area contributed by atoms with Crippen molar-refractivity contribution >= 4 is 11.8 Å². The van der Waals surface area contributed by atoms with E-state index in [0.29, 0.717) is 62.1 Å². The molecular weight excluding hydrogens is 346 g/mol. The maximum Gasteiger partial charge on any atom is 0.270 e.